The summed E-state index contributed by atoms with van der Waals surface area (Å²) in [4.78, 5) is 29.2. The third-order valence-corrected chi connectivity index (χ3v) is 3.69. The summed E-state index contributed by atoms with van der Waals surface area (Å²) in [5, 5.41) is 0. The summed E-state index contributed by atoms with van der Waals surface area (Å²) < 4.78 is 19.8. The van der Waals surface area contributed by atoms with Gasteiger partial charge in [0.25, 0.3) is 0 Å². The fraction of sp³-hybridized carbons (Fsp3) is 0.353. The Balaban J connectivity index is 2.45. The van der Waals surface area contributed by atoms with Crippen molar-refractivity contribution in [3.05, 3.63) is 54.4 Å². The van der Waals surface area contributed by atoms with E-state index in [1.165, 1.54) is 36.8 Å². The van der Waals surface area contributed by atoms with E-state index in [0.717, 1.165) is 0 Å². The van der Waals surface area contributed by atoms with Crippen LogP contribution in [0.25, 0.3) is 0 Å². The van der Waals surface area contributed by atoms with Gasteiger partial charge < -0.3 is 9.30 Å². The van der Waals surface area contributed by atoms with Crippen LogP contribution in [0.5, 0.6) is 0 Å². The molecule has 0 N–H and O–H groups in total. The van der Waals surface area contributed by atoms with E-state index in [0.29, 0.717) is 5.56 Å². The van der Waals surface area contributed by atoms with Crippen LogP contribution in [-0.2, 0) is 9.53 Å². The number of nitrogens with zero attached hydrogens (tertiary/aromatic N) is 2. The van der Waals surface area contributed by atoms with Crippen LogP contribution in [0, 0.1) is 11.2 Å². The molecule has 1 atom stereocenters. The first kappa shape index (κ1) is 16.9. The molecule has 23 heavy (non-hydrogen) atoms. The van der Waals surface area contributed by atoms with Gasteiger partial charge in [0.15, 0.2) is 5.78 Å². The maximum Gasteiger partial charge on any atom is 0.314 e. The quantitative estimate of drug-likeness (QED) is 0.607. The molecule has 1 aromatic carbocycles. The van der Waals surface area contributed by atoms with E-state index in [-0.39, 0.29) is 12.4 Å². The van der Waals surface area contributed by atoms with E-state index in [4.69, 9.17) is 4.74 Å². The lowest BCUT2D eigenvalue weighted by molar-refractivity contribution is -0.155. The molecular weight excluding hydrogens is 299 g/mol. The Hall–Kier alpha value is -2.50. The minimum atomic E-state index is -1.11. The molecule has 0 amide bonds. The van der Waals surface area contributed by atoms with Crippen LogP contribution in [0.2, 0.25) is 0 Å². The number of carbonyl (C=O) groups is 2. The number of hydrogen-bond acceptors (Lipinski definition) is 4. The van der Waals surface area contributed by atoms with Crippen LogP contribution in [0.1, 0.15) is 37.2 Å². The first-order chi connectivity index (χ1) is 10.9. The lowest BCUT2D eigenvalue weighted by atomic mass is 9.80. The molecule has 1 unspecified atom stereocenters. The highest BCUT2D eigenvalue weighted by Gasteiger charge is 2.43. The molecule has 0 saturated carbocycles. The highest BCUT2D eigenvalue weighted by Crippen LogP contribution is 2.35. The molecule has 0 aliphatic heterocycles. The summed E-state index contributed by atoms with van der Waals surface area (Å²) >= 11 is 0. The van der Waals surface area contributed by atoms with Crippen LogP contribution in [0.4, 0.5) is 4.39 Å². The van der Waals surface area contributed by atoms with Crippen molar-refractivity contribution in [3.63, 3.8) is 0 Å². The number of imidazole rings is 1. The molecule has 0 spiro atoms. The average Bonchev–Trinajstić information content (AvgIpc) is 3.01. The average molecular weight is 318 g/mol. The zero-order valence-electron chi connectivity index (χ0n) is 13.3. The van der Waals surface area contributed by atoms with Crippen LogP contribution in [-0.4, -0.2) is 27.9 Å². The molecule has 2 rings (SSSR count). The largest absolute Gasteiger partial charge is 0.466 e. The van der Waals surface area contributed by atoms with E-state index in [1.807, 2.05) is 0 Å². The lowest BCUT2D eigenvalue weighted by Gasteiger charge is -2.32. The van der Waals surface area contributed by atoms with Crippen molar-refractivity contribution in [2.24, 2.45) is 5.41 Å². The number of hydrogen-bond donors (Lipinski definition) is 0. The van der Waals surface area contributed by atoms with Gasteiger partial charge in [-0.1, -0.05) is 0 Å². The molecule has 0 aliphatic carbocycles. The first-order valence-electron chi connectivity index (χ1n) is 7.32. The third kappa shape index (κ3) is 3.47. The standard InChI is InChI=1S/C17H19FN2O3/c1-4-23-16(22)17(2,3)15(20-10-9-19-11-20)14(21)12-5-7-13(18)8-6-12/h5-11,15H,4H2,1-3H3. The maximum absolute atomic E-state index is 13.1. The Bertz CT molecular complexity index is 678. The molecule has 2 aromatic rings. The second-order valence-corrected chi connectivity index (χ2v) is 5.73. The second-order valence-electron chi connectivity index (χ2n) is 5.73. The number of Topliss-reactive ketones (excluding diaryl/α,β-unsaturated/α-hetero) is 1. The Labute approximate surface area is 134 Å². The van der Waals surface area contributed by atoms with Crippen LogP contribution < -0.4 is 0 Å². The number of rotatable bonds is 6. The minimum absolute atomic E-state index is 0.226. The van der Waals surface area contributed by atoms with Crippen LogP contribution in [0.15, 0.2) is 43.0 Å². The molecule has 5 nitrogen and oxygen atoms in total. The molecule has 6 heteroatoms. The molecule has 0 saturated heterocycles. The maximum atomic E-state index is 13.1. The van der Waals surface area contributed by atoms with Crippen LogP contribution in [0.3, 0.4) is 0 Å². The van der Waals surface area contributed by atoms with Gasteiger partial charge in [-0.3, -0.25) is 9.59 Å². The number of halogens is 1. The van der Waals surface area contributed by atoms with Gasteiger partial charge in [-0.25, -0.2) is 9.37 Å². The Morgan fingerprint density at radius 2 is 1.96 bits per heavy atom. The zero-order valence-corrected chi connectivity index (χ0v) is 13.3. The van der Waals surface area contributed by atoms with Gasteiger partial charge in [0, 0.05) is 18.0 Å². The zero-order chi connectivity index (χ0) is 17.0. The van der Waals surface area contributed by atoms with Crippen molar-refractivity contribution in [1.29, 1.82) is 0 Å². The van der Waals surface area contributed by atoms with E-state index in [1.54, 1.807) is 31.5 Å². The number of ether oxygens (including phenoxy) is 1. The van der Waals surface area contributed by atoms with Crippen molar-refractivity contribution in [1.82, 2.24) is 9.55 Å². The summed E-state index contributed by atoms with van der Waals surface area (Å²) in [7, 11) is 0. The lowest BCUT2D eigenvalue weighted by Crippen LogP contribution is -2.40. The van der Waals surface area contributed by atoms with E-state index < -0.39 is 23.2 Å². The second kappa shape index (κ2) is 6.73. The molecule has 0 aliphatic rings. The highest BCUT2D eigenvalue weighted by molar-refractivity contribution is 6.02. The van der Waals surface area contributed by atoms with Crippen molar-refractivity contribution < 1.29 is 18.7 Å². The van der Waals surface area contributed by atoms with Crippen molar-refractivity contribution >= 4 is 11.8 Å². The number of carbonyl (C=O) groups excluding carboxylic acids is 2. The Kier molecular flexibility index (Phi) is 4.93. The number of esters is 1. The molecule has 1 heterocycles. The Morgan fingerprint density at radius 3 is 2.48 bits per heavy atom. The van der Waals surface area contributed by atoms with Crippen molar-refractivity contribution in [2.75, 3.05) is 6.61 Å². The SMILES string of the molecule is CCOC(=O)C(C)(C)C(C(=O)c1ccc(F)cc1)n1ccnc1. The van der Waals surface area contributed by atoms with E-state index in [2.05, 4.69) is 4.98 Å². The van der Waals surface area contributed by atoms with Gasteiger partial charge in [0.05, 0.1) is 18.3 Å². The fourth-order valence-electron chi connectivity index (χ4n) is 2.46. The first-order valence-corrected chi connectivity index (χ1v) is 7.32. The van der Waals surface area contributed by atoms with Gasteiger partial charge >= 0.3 is 5.97 Å². The van der Waals surface area contributed by atoms with E-state index in [9.17, 15) is 14.0 Å². The molecule has 122 valence electrons. The molecule has 0 radical (unpaired) electrons. The normalized spacial score (nSPS) is 12.7. The smallest absolute Gasteiger partial charge is 0.314 e. The minimum Gasteiger partial charge on any atom is -0.466 e. The van der Waals surface area contributed by atoms with Gasteiger partial charge in [-0.15, -0.1) is 0 Å². The molecule has 0 bridgehead atoms. The summed E-state index contributed by atoms with van der Waals surface area (Å²) in [5.41, 5.74) is -0.787. The predicted molar refractivity (Wildman–Crippen MR) is 82.4 cm³/mol. The van der Waals surface area contributed by atoms with Crippen LogP contribution >= 0.6 is 0 Å². The van der Waals surface area contributed by atoms with Crippen molar-refractivity contribution in [2.45, 2.75) is 26.8 Å². The van der Waals surface area contributed by atoms with Crippen molar-refractivity contribution in [3.8, 4) is 0 Å². The molecule has 1 aromatic heterocycles. The number of benzene rings is 1. The predicted octanol–water partition coefficient (Wildman–Crippen LogP) is 3.04. The van der Waals surface area contributed by atoms with Gasteiger partial charge in [-0.2, -0.15) is 0 Å². The number of ketones is 1. The van der Waals surface area contributed by atoms with Gasteiger partial charge in [0.1, 0.15) is 11.9 Å². The monoisotopic (exact) mass is 318 g/mol. The highest BCUT2D eigenvalue weighted by atomic mass is 19.1. The van der Waals surface area contributed by atoms with E-state index >= 15 is 0 Å². The third-order valence-electron chi connectivity index (χ3n) is 3.69. The van der Waals surface area contributed by atoms with Gasteiger partial charge in [0.2, 0.25) is 0 Å². The molecular formula is C17H19FN2O3. The summed E-state index contributed by atoms with van der Waals surface area (Å²) in [6.45, 7) is 5.24. The molecule has 0 fully saturated rings. The summed E-state index contributed by atoms with van der Waals surface area (Å²) in [6.07, 6.45) is 4.63. The Morgan fingerprint density at radius 1 is 1.30 bits per heavy atom. The topological polar surface area (TPSA) is 61.2 Å². The summed E-state index contributed by atoms with van der Waals surface area (Å²) in [5.74, 6) is -1.21. The fourth-order valence-corrected chi connectivity index (χ4v) is 2.46. The van der Waals surface area contributed by atoms with Gasteiger partial charge in [-0.05, 0) is 45.0 Å². The summed E-state index contributed by atoms with van der Waals surface area (Å²) in [6, 6.07) is 4.41. The number of aromatic nitrogens is 2.